The highest BCUT2D eigenvalue weighted by atomic mass is 32.2. The lowest BCUT2D eigenvalue weighted by Gasteiger charge is -2.56. The van der Waals surface area contributed by atoms with Gasteiger partial charge in [-0.3, -0.25) is 4.68 Å². The maximum atomic E-state index is 13.4. The van der Waals surface area contributed by atoms with Crippen molar-refractivity contribution in [3.8, 4) is 0 Å². The Balaban J connectivity index is 1.74. The minimum Gasteiger partial charge on any atom is -0.389 e. The first kappa shape index (κ1) is 17.4. The number of rotatable bonds is 3. The zero-order valence-corrected chi connectivity index (χ0v) is 15.2. The number of aryl methyl sites for hydroxylation is 1. The molecule has 3 aliphatic heterocycles. The van der Waals surface area contributed by atoms with Gasteiger partial charge < -0.3 is 14.6 Å². The molecular formula is C16H25N3O5S. The second-order valence-electron chi connectivity index (χ2n) is 7.11. The fraction of sp³-hybridized carbons (Fsp3) is 0.812. The number of aliphatic hydroxyl groups is 1. The Bertz CT molecular complexity index is 736. The van der Waals surface area contributed by atoms with Crippen LogP contribution in [0, 0.1) is 11.8 Å². The number of piperidine rings is 1. The molecule has 0 saturated carbocycles. The van der Waals surface area contributed by atoms with E-state index in [9.17, 15) is 13.5 Å². The van der Waals surface area contributed by atoms with Crippen LogP contribution in [0.2, 0.25) is 0 Å². The molecule has 0 spiro atoms. The zero-order chi connectivity index (χ0) is 17.7. The predicted octanol–water partition coefficient (Wildman–Crippen LogP) is 0.0800. The van der Waals surface area contributed by atoms with E-state index in [0.717, 1.165) is 0 Å². The molecule has 140 valence electrons. The average Bonchev–Trinajstić information content (AvgIpc) is 3.11. The number of nitrogens with zero attached hydrogens (tertiary/aromatic N) is 3. The van der Waals surface area contributed by atoms with Crippen molar-refractivity contribution < 1.29 is 23.0 Å². The highest BCUT2D eigenvalue weighted by molar-refractivity contribution is 7.89. The van der Waals surface area contributed by atoms with Gasteiger partial charge in [0.2, 0.25) is 0 Å². The SMILES string of the molecule is CCn1nccc1S(=O)(=O)N1C[C@@H]2COCC[C@]2(O)[C@H]2COCC[C@H]21. The van der Waals surface area contributed by atoms with E-state index in [1.54, 1.807) is 10.4 Å². The van der Waals surface area contributed by atoms with Crippen LogP contribution in [0.5, 0.6) is 0 Å². The molecule has 3 aliphatic rings. The Hall–Kier alpha value is -1.00. The third-order valence-electron chi connectivity index (χ3n) is 5.96. The summed E-state index contributed by atoms with van der Waals surface area (Å²) in [5, 5.41) is 15.6. The Kier molecular flexibility index (Phi) is 4.40. The predicted molar refractivity (Wildman–Crippen MR) is 88.4 cm³/mol. The van der Waals surface area contributed by atoms with Gasteiger partial charge in [-0.2, -0.15) is 9.40 Å². The van der Waals surface area contributed by atoms with Gasteiger partial charge >= 0.3 is 0 Å². The Morgan fingerprint density at radius 3 is 2.96 bits per heavy atom. The smallest absolute Gasteiger partial charge is 0.260 e. The summed E-state index contributed by atoms with van der Waals surface area (Å²) in [4.78, 5) is 0. The first-order valence-electron chi connectivity index (χ1n) is 8.90. The zero-order valence-electron chi connectivity index (χ0n) is 14.4. The Morgan fingerprint density at radius 1 is 1.36 bits per heavy atom. The molecule has 25 heavy (non-hydrogen) atoms. The van der Waals surface area contributed by atoms with Crippen LogP contribution in [0.15, 0.2) is 17.3 Å². The van der Waals surface area contributed by atoms with E-state index in [4.69, 9.17) is 9.47 Å². The molecule has 3 fully saturated rings. The van der Waals surface area contributed by atoms with Gasteiger partial charge in [0.05, 0.1) is 25.0 Å². The molecule has 0 amide bonds. The average molecular weight is 371 g/mol. The fourth-order valence-electron chi connectivity index (χ4n) is 4.58. The molecule has 0 bridgehead atoms. The van der Waals surface area contributed by atoms with Gasteiger partial charge in [0.15, 0.2) is 5.03 Å². The highest BCUT2D eigenvalue weighted by Crippen LogP contribution is 2.45. The van der Waals surface area contributed by atoms with E-state index in [2.05, 4.69) is 5.10 Å². The molecule has 0 aliphatic carbocycles. The van der Waals surface area contributed by atoms with Gasteiger partial charge in [-0.15, -0.1) is 0 Å². The van der Waals surface area contributed by atoms with E-state index in [1.165, 1.54) is 10.9 Å². The molecule has 9 heteroatoms. The van der Waals surface area contributed by atoms with Crippen molar-refractivity contribution in [1.29, 1.82) is 0 Å². The minimum atomic E-state index is -3.70. The van der Waals surface area contributed by atoms with Crippen molar-refractivity contribution in [3.63, 3.8) is 0 Å². The normalized spacial score (nSPS) is 36.6. The number of hydrogen-bond acceptors (Lipinski definition) is 6. The van der Waals surface area contributed by atoms with Crippen LogP contribution in [0.4, 0.5) is 0 Å². The number of ether oxygens (including phenoxy) is 2. The minimum absolute atomic E-state index is 0.211. The Labute approximate surface area is 147 Å². The van der Waals surface area contributed by atoms with Crippen molar-refractivity contribution in [1.82, 2.24) is 14.1 Å². The van der Waals surface area contributed by atoms with Gasteiger partial charge in [-0.1, -0.05) is 0 Å². The molecule has 8 nitrogen and oxygen atoms in total. The van der Waals surface area contributed by atoms with E-state index in [0.29, 0.717) is 45.8 Å². The lowest BCUT2D eigenvalue weighted by Crippen LogP contribution is -2.68. The van der Waals surface area contributed by atoms with Gasteiger partial charge in [-0.25, -0.2) is 8.42 Å². The molecule has 3 saturated heterocycles. The summed E-state index contributed by atoms with van der Waals surface area (Å²) in [6, 6.07) is 1.30. The summed E-state index contributed by atoms with van der Waals surface area (Å²) in [5.74, 6) is -0.464. The number of aromatic nitrogens is 2. The molecule has 0 unspecified atom stereocenters. The van der Waals surface area contributed by atoms with E-state index >= 15 is 0 Å². The van der Waals surface area contributed by atoms with Crippen LogP contribution >= 0.6 is 0 Å². The van der Waals surface area contributed by atoms with E-state index < -0.39 is 15.6 Å². The molecule has 4 rings (SSSR count). The van der Waals surface area contributed by atoms with Crippen LogP contribution in [0.1, 0.15) is 19.8 Å². The molecular weight excluding hydrogens is 346 g/mol. The summed E-state index contributed by atoms with van der Waals surface area (Å²) < 4.78 is 40.9. The van der Waals surface area contributed by atoms with Gasteiger partial charge in [-0.05, 0) is 19.4 Å². The largest absolute Gasteiger partial charge is 0.389 e. The van der Waals surface area contributed by atoms with Gasteiger partial charge in [0, 0.05) is 50.6 Å². The molecule has 1 aromatic rings. The number of fused-ring (bicyclic) bond motifs is 3. The molecule has 4 heterocycles. The van der Waals surface area contributed by atoms with Gasteiger partial charge in [0.1, 0.15) is 0 Å². The number of hydrogen-bond donors (Lipinski definition) is 1. The van der Waals surface area contributed by atoms with E-state index in [1.807, 2.05) is 6.92 Å². The summed E-state index contributed by atoms with van der Waals surface area (Å²) in [6.07, 6.45) is 2.64. The molecule has 0 aromatic carbocycles. The van der Waals surface area contributed by atoms with Crippen LogP contribution in [0.25, 0.3) is 0 Å². The fourth-order valence-corrected chi connectivity index (χ4v) is 6.48. The second kappa shape index (κ2) is 6.31. The lowest BCUT2D eigenvalue weighted by molar-refractivity contribution is -0.207. The number of sulfonamides is 1. The highest BCUT2D eigenvalue weighted by Gasteiger charge is 2.57. The van der Waals surface area contributed by atoms with Crippen molar-refractivity contribution >= 4 is 10.0 Å². The van der Waals surface area contributed by atoms with Crippen LogP contribution in [-0.4, -0.2) is 72.2 Å². The maximum absolute atomic E-state index is 13.4. The van der Waals surface area contributed by atoms with E-state index in [-0.39, 0.29) is 29.4 Å². The first-order valence-corrected chi connectivity index (χ1v) is 10.3. The van der Waals surface area contributed by atoms with Crippen molar-refractivity contribution in [2.45, 2.75) is 43.0 Å². The first-order chi connectivity index (χ1) is 12.0. The Morgan fingerprint density at radius 2 is 2.16 bits per heavy atom. The topological polar surface area (TPSA) is 93.9 Å². The molecule has 1 N–H and O–H groups in total. The van der Waals surface area contributed by atoms with Crippen LogP contribution < -0.4 is 0 Å². The van der Waals surface area contributed by atoms with Crippen molar-refractivity contribution in [2.75, 3.05) is 33.0 Å². The maximum Gasteiger partial charge on any atom is 0.260 e. The second-order valence-corrected chi connectivity index (χ2v) is 8.95. The molecule has 4 atom stereocenters. The van der Waals surface area contributed by atoms with Crippen LogP contribution in [-0.2, 0) is 26.0 Å². The lowest BCUT2D eigenvalue weighted by atomic mass is 9.67. The third-order valence-corrected chi connectivity index (χ3v) is 7.87. The summed E-state index contributed by atoms with van der Waals surface area (Å²) in [6.45, 7) is 4.41. The van der Waals surface area contributed by atoms with Crippen LogP contribution in [0.3, 0.4) is 0 Å². The molecule has 1 aromatic heterocycles. The van der Waals surface area contributed by atoms with Gasteiger partial charge in [0.25, 0.3) is 10.0 Å². The van der Waals surface area contributed by atoms with Crippen molar-refractivity contribution in [3.05, 3.63) is 12.3 Å². The summed E-state index contributed by atoms with van der Waals surface area (Å²) in [5.41, 5.74) is -0.916. The molecule has 0 radical (unpaired) electrons. The third kappa shape index (κ3) is 2.64. The summed E-state index contributed by atoms with van der Waals surface area (Å²) >= 11 is 0. The summed E-state index contributed by atoms with van der Waals surface area (Å²) in [7, 11) is -3.70. The monoisotopic (exact) mass is 371 g/mol. The van der Waals surface area contributed by atoms with Crippen molar-refractivity contribution in [2.24, 2.45) is 11.8 Å². The standard InChI is InChI=1S/C16H25N3O5S/c1-2-18-15(3-6-17-18)25(21,22)19-9-12-10-24-8-5-16(12,20)13-11-23-7-4-14(13)19/h3,6,12-14,20H,2,4-5,7-11H2,1H3/t12-,13+,14-,16-/m1/s1. The quantitative estimate of drug-likeness (QED) is 0.809.